The number of aryl methyl sites for hydroxylation is 3. The highest BCUT2D eigenvalue weighted by Gasteiger charge is 2.08. The molecule has 0 unspecified atom stereocenters. The predicted octanol–water partition coefficient (Wildman–Crippen LogP) is 5.71. The second-order valence-corrected chi connectivity index (χ2v) is 7.16. The summed E-state index contributed by atoms with van der Waals surface area (Å²) in [6.45, 7) is 7.23. The fourth-order valence-corrected chi connectivity index (χ4v) is 2.92. The first kappa shape index (κ1) is 20.5. The van der Waals surface area contributed by atoms with Crippen molar-refractivity contribution in [3.8, 4) is 11.5 Å². The minimum Gasteiger partial charge on any atom is -0.493 e. The monoisotopic (exact) mass is 389 g/mol. The van der Waals surface area contributed by atoms with E-state index in [1.807, 2.05) is 62.4 Å². The van der Waals surface area contributed by atoms with Gasteiger partial charge in [0.25, 0.3) is 5.91 Å². The van der Waals surface area contributed by atoms with Gasteiger partial charge in [0.1, 0.15) is 11.5 Å². The maximum absolute atomic E-state index is 12.4. The highest BCUT2D eigenvalue weighted by Crippen LogP contribution is 2.18. The molecule has 29 heavy (non-hydrogen) atoms. The zero-order chi connectivity index (χ0) is 20.6. The summed E-state index contributed by atoms with van der Waals surface area (Å²) in [5.74, 6) is 1.48. The van der Waals surface area contributed by atoms with Gasteiger partial charge in [-0.2, -0.15) is 0 Å². The maximum atomic E-state index is 12.4. The molecule has 0 aliphatic heterocycles. The number of hydrogen-bond acceptors (Lipinski definition) is 3. The van der Waals surface area contributed by atoms with Crippen LogP contribution in [0.3, 0.4) is 0 Å². The molecule has 0 aromatic heterocycles. The summed E-state index contributed by atoms with van der Waals surface area (Å²) in [5.41, 5.74) is 4.86. The van der Waals surface area contributed by atoms with Crippen LogP contribution in [0.5, 0.6) is 11.5 Å². The Kier molecular flexibility index (Phi) is 6.90. The molecule has 1 amide bonds. The number of carbonyl (C=O) groups is 1. The van der Waals surface area contributed by atoms with Crippen molar-refractivity contribution in [2.24, 2.45) is 0 Å². The van der Waals surface area contributed by atoms with E-state index in [-0.39, 0.29) is 5.91 Å². The van der Waals surface area contributed by atoms with Gasteiger partial charge in [0, 0.05) is 17.7 Å². The van der Waals surface area contributed by atoms with Gasteiger partial charge in [-0.3, -0.25) is 4.79 Å². The van der Waals surface area contributed by atoms with Crippen molar-refractivity contribution >= 4 is 11.6 Å². The third-order valence-corrected chi connectivity index (χ3v) is 4.59. The minimum atomic E-state index is -0.130. The van der Waals surface area contributed by atoms with Crippen LogP contribution in [0.1, 0.15) is 33.5 Å². The van der Waals surface area contributed by atoms with Crippen LogP contribution in [0.2, 0.25) is 0 Å². The number of carbonyl (C=O) groups excluding carboxylic acids is 1. The SMILES string of the molecule is Cc1ccc(OCCCOc2ccc(C(=O)Nc3ccc(C)cc3C)cc2)cc1. The third-order valence-electron chi connectivity index (χ3n) is 4.59. The van der Waals surface area contributed by atoms with E-state index in [0.29, 0.717) is 18.8 Å². The molecule has 3 aromatic carbocycles. The average molecular weight is 389 g/mol. The van der Waals surface area contributed by atoms with Crippen molar-refractivity contribution < 1.29 is 14.3 Å². The quantitative estimate of drug-likeness (QED) is 0.502. The molecule has 3 rings (SSSR count). The summed E-state index contributed by atoms with van der Waals surface area (Å²) in [6, 6.07) is 21.2. The molecule has 0 atom stereocenters. The lowest BCUT2D eigenvalue weighted by Gasteiger charge is -2.10. The fraction of sp³-hybridized carbons (Fsp3) is 0.240. The lowest BCUT2D eigenvalue weighted by molar-refractivity contribution is 0.102. The molecule has 150 valence electrons. The second-order valence-electron chi connectivity index (χ2n) is 7.16. The van der Waals surface area contributed by atoms with Crippen LogP contribution in [0, 0.1) is 20.8 Å². The highest BCUT2D eigenvalue weighted by atomic mass is 16.5. The van der Waals surface area contributed by atoms with Crippen molar-refractivity contribution in [1.29, 1.82) is 0 Å². The molecule has 0 bridgehead atoms. The second kappa shape index (κ2) is 9.78. The van der Waals surface area contributed by atoms with Crippen LogP contribution in [0.15, 0.2) is 66.7 Å². The van der Waals surface area contributed by atoms with Crippen LogP contribution < -0.4 is 14.8 Å². The van der Waals surface area contributed by atoms with Gasteiger partial charge >= 0.3 is 0 Å². The van der Waals surface area contributed by atoms with Crippen LogP contribution in [0.25, 0.3) is 0 Å². The molecule has 0 spiro atoms. The minimum absolute atomic E-state index is 0.130. The Balaban J connectivity index is 1.43. The van der Waals surface area contributed by atoms with Crippen LogP contribution in [-0.2, 0) is 0 Å². The molecule has 0 saturated heterocycles. The Labute approximate surface area is 172 Å². The van der Waals surface area contributed by atoms with E-state index in [1.54, 1.807) is 12.1 Å². The maximum Gasteiger partial charge on any atom is 0.255 e. The molecule has 0 aliphatic carbocycles. The predicted molar refractivity (Wildman–Crippen MR) is 117 cm³/mol. The molecule has 0 aliphatic rings. The number of anilines is 1. The van der Waals surface area contributed by atoms with Gasteiger partial charge in [0.05, 0.1) is 13.2 Å². The van der Waals surface area contributed by atoms with Gasteiger partial charge in [-0.25, -0.2) is 0 Å². The summed E-state index contributed by atoms with van der Waals surface area (Å²) in [7, 11) is 0. The molecular formula is C25H27NO3. The molecule has 4 heteroatoms. The van der Waals surface area contributed by atoms with E-state index in [1.165, 1.54) is 11.1 Å². The van der Waals surface area contributed by atoms with E-state index in [4.69, 9.17) is 9.47 Å². The first-order valence-electron chi connectivity index (χ1n) is 9.82. The lowest BCUT2D eigenvalue weighted by Crippen LogP contribution is -2.12. The van der Waals surface area contributed by atoms with Crippen molar-refractivity contribution in [2.45, 2.75) is 27.2 Å². The Morgan fingerprint density at radius 1 is 0.759 bits per heavy atom. The Hall–Kier alpha value is -3.27. The number of amides is 1. The van der Waals surface area contributed by atoms with Gasteiger partial charge in [0.2, 0.25) is 0 Å². The number of rotatable bonds is 8. The molecule has 0 saturated carbocycles. The summed E-state index contributed by atoms with van der Waals surface area (Å²) in [4.78, 5) is 12.4. The first-order chi connectivity index (χ1) is 14.0. The summed E-state index contributed by atoms with van der Waals surface area (Å²) >= 11 is 0. The zero-order valence-electron chi connectivity index (χ0n) is 17.2. The van der Waals surface area contributed by atoms with Gasteiger partial charge in [0.15, 0.2) is 0 Å². The third kappa shape index (κ3) is 6.11. The largest absolute Gasteiger partial charge is 0.493 e. The first-order valence-corrected chi connectivity index (χ1v) is 9.82. The van der Waals surface area contributed by atoms with E-state index < -0.39 is 0 Å². The number of hydrogen-bond donors (Lipinski definition) is 1. The van der Waals surface area contributed by atoms with E-state index in [9.17, 15) is 4.79 Å². The van der Waals surface area contributed by atoms with Gasteiger partial charge in [-0.15, -0.1) is 0 Å². The Morgan fingerprint density at radius 2 is 1.31 bits per heavy atom. The smallest absolute Gasteiger partial charge is 0.255 e. The summed E-state index contributed by atoms with van der Waals surface area (Å²) in [6.07, 6.45) is 0.781. The number of benzene rings is 3. The molecular weight excluding hydrogens is 362 g/mol. The van der Waals surface area contributed by atoms with E-state index in [2.05, 4.69) is 18.3 Å². The molecule has 1 N–H and O–H groups in total. The van der Waals surface area contributed by atoms with Crippen molar-refractivity contribution in [1.82, 2.24) is 0 Å². The highest BCUT2D eigenvalue weighted by molar-refractivity contribution is 6.04. The van der Waals surface area contributed by atoms with Crippen LogP contribution in [0.4, 0.5) is 5.69 Å². The van der Waals surface area contributed by atoms with Gasteiger partial charge < -0.3 is 14.8 Å². The Bertz CT molecular complexity index is 947. The topological polar surface area (TPSA) is 47.6 Å². The molecule has 0 radical (unpaired) electrons. The Morgan fingerprint density at radius 3 is 1.90 bits per heavy atom. The molecule has 0 fully saturated rings. The fourth-order valence-electron chi connectivity index (χ4n) is 2.92. The standard InChI is InChI=1S/C25H27NO3/c1-18-5-10-22(11-6-18)28-15-4-16-29-23-12-8-21(9-13-23)25(27)26-24-14-7-19(2)17-20(24)3/h5-14,17H,4,15-16H2,1-3H3,(H,26,27). The summed E-state index contributed by atoms with van der Waals surface area (Å²) < 4.78 is 11.4. The average Bonchev–Trinajstić information content (AvgIpc) is 2.71. The summed E-state index contributed by atoms with van der Waals surface area (Å²) in [5, 5.41) is 2.96. The lowest BCUT2D eigenvalue weighted by atomic mass is 10.1. The molecule has 4 nitrogen and oxygen atoms in total. The van der Waals surface area contributed by atoms with Crippen molar-refractivity contribution in [3.05, 3.63) is 89.0 Å². The molecule has 3 aromatic rings. The zero-order valence-corrected chi connectivity index (χ0v) is 17.2. The normalized spacial score (nSPS) is 10.4. The van der Waals surface area contributed by atoms with E-state index in [0.717, 1.165) is 29.2 Å². The van der Waals surface area contributed by atoms with Crippen molar-refractivity contribution in [2.75, 3.05) is 18.5 Å². The van der Waals surface area contributed by atoms with Crippen LogP contribution >= 0.6 is 0 Å². The van der Waals surface area contributed by atoms with Gasteiger partial charge in [-0.05, 0) is 68.8 Å². The number of ether oxygens (including phenoxy) is 2. The number of nitrogens with one attached hydrogen (secondary N) is 1. The van der Waals surface area contributed by atoms with Crippen LogP contribution in [-0.4, -0.2) is 19.1 Å². The molecule has 0 heterocycles. The van der Waals surface area contributed by atoms with Gasteiger partial charge in [-0.1, -0.05) is 35.4 Å². The van der Waals surface area contributed by atoms with E-state index >= 15 is 0 Å². The van der Waals surface area contributed by atoms with Crippen molar-refractivity contribution in [3.63, 3.8) is 0 Å².